The molecule has 0 aliphatic heterocycles. The van der Waals surface area contributed by atoms with E-state index in [4.69, 9.17) is 21.4 Å². The van der Waals surface area contributed by atoms with Gasteiger partial charge >= 0.3 is 0 Å². The number of aliphatic hydroxyl groups excluding tert-OH is 1. The number of nitrogens with zero attached hydrogens (tertiary/aromatic N) is 2. The second kappa shape index (κ2) is 6.39. The predicted octanol–water partition coefficient (Wildman–Crippen LogP) is 2.45. The topological polar surface area (TPSA) is 99.2 Å². The van der Waals surface area contributed by atoms with Gasteiger partial charge in [0.15, 0.2) is 5.92 Å². The fourth-order valence-electron chi connectivity index (χ4n) is 1.80. The molecule has 21 heavy (non-hydrogen) atoms. The van der Waals surface area contributed by atoms with Crippen LogP contribution in [0.2, 0.25) is 5.02 Å². The molecule has 6 nitrogen and oxygen atoms in total. The monoisotopic (exact) mass is 305 g/mol. The summed E-state index contributed by atoms with van der Waals surface area (Å²) in [6.07, 6.45) is -0.0199. The molecule has 0 aliphatic carbocycles. The summed E-state index contributed by atoms with van der Waals surface area (Å²) in [5.41, 5.74) is 0.798. The molecule has 0 bridgehead atoms. The van der Waals surface area contributed by atoms with Crippen LogP contribution in [0, 0.1) is 24.2 Å². The number of nitriles is 1. The van der Waals surface area contributed by atoms with E-state index in [1.807, 2.05) is 0 Å². The van der Waals surface area contributed by atoms with Gasteiger partial charge in [-0.05, 0) is 31.2 Å². The Kier molecular flexibility index (Phi) is 4.58. The summed E-state index contributed by atoms with van der Waals surface area (Å²) in [6.45, 7) is 1.59. The van der Waals surface area contributed by atoms with E-state index in [9.17, 15) is 9.90 Å². The van der Waals surface area contributed by atoms with E-state index in [1.165, 1.54) is 6.20 Å². The highest BCUT2D eigenvalue weighted by atomic mass is 35.5. The molecule has 1 amide bonds. The van der Waals surface area contributed by atoms with Crippen molar-refractivity contribution in [3.63, 3.8) is 0 Å². The van der Waals surface area contributed by atoms with Crippen molar-refractivity contribution in [2.45, 2.75) is 13.0 Å². The van der Waals surface area contributed by atoms with E-state index in [0.29, 0.717) is 22.0 Å². The van der Waals surface area contributed by atoms with Crippen LogP contribution in [0.4, 0.5) is 5.69 Å². The van der Waals surface area contributed by atoms with Gasteiger partial charge in [-0.2, -0.15) is 5.26 Å². The molecule has 1 aromatic heterocycles. The maximum Gasteiger partial charge on any atom is 0.244 e. The van der Waals surface area contributed by atoms with Gasteiger partial charge in [-0.25, -0.2) is 0 Å². The molecule has 2 N–H and O–H groups in total. The normalized spacial score (nSPS) is 13.2. The fraction of sp³-hybridized carbons (Fsp3) is 0.214. The van der Waals surface area contributed by atoms with Crippen LogP contribution in [0.25, 0.3) is 0 Å². The second-order valence-electron chi connectivity index (χ2n) is 4.39. The molecule has 2 unspecified atom stereocenters. The second-order valence-corrected chi connectivity index (χ2v) is 4.82. The molecule has 0 spiro atoms. The zero-order chi connectivity index (χ0) is 15.4. The number of rotatable bonds is 4. The smallest absolute Gasteiger partial charge is 0.244 e. The van der Waals surface area contributed by atoms with Gasteiger partial charge in [0.05, 0.1) is 12.3 Å². The minimum atomic E-state index is -1.31. The summed E-state index contributed by atoms with van der Waals surface area (Å²) in [4.78, 5) is 12.1. The third-order valence-electron chi connectivity index (χ3n) is 2.96. The van der Waals surface area contributed by atoms with Gasteiger partial charge in [0.2, 0.25) is 5.91 Å². The minimum absolute atomic E-state index is 0.313. The number of carbonyl (C=O) groups excluding carboxylic acids is 1. The maximum atomic E-state index is 12.1. The minimum Gasteiger partial charge on any atom is -0.386 e. The fourth-order valence-corrected chi connectivity index (χ4v) is 1.92. The molecule has 0 saturated heterocycles. The molecular weight excluding hydrogens is 294 g/mol. The lowest BCUT2D eigenvalue weighted by Crippen LogP contribution is -2.27. The van der Waals surface area contributed by atoms with E-state index >= 15 is 0 Å². The van der Waals surface area contributed by atoms with E-state index in [1.54, 1.807) is 37.3 Å². The van der Waals surface area contributed by atoms with Crippen LogP contribution in [0.5, 0.6) is 0 Å². The van der Waals surface area contributed by atoms with E-state index < -0.39 is 17.9 Å². The average molecular weight is 306 g/mol. The van der Waals surface area contributed by atoms with Gasteiger partial charge in [-0.1, -0.05) is 16.8 Å². The Morgan fingerprint density at radius 3 is 2.67 bits per heavy atom. The molecule has 108 valence electrons. The lowest BCUT2D eigenvalue weighted by Gasteiger charge is -2.15. The summed E-state index contributed by atoms with van der Waals surface area (Å²) in [5, 5.41) is 25.9. The van der Waals surface area contributed by atoms with Crippen molar-refractivity contribution in [1.82, 2.24) is 5.16 Å². The molecule has 2 aromatic rings. The molecule has 1 aromatic carbocycles. The Morgan fingerprint density at radius 1 is 1.48 bits per heavy atom. The number of amides is 1. The maximum absolute atomic E-state index is 12.1. The predicted molar refractivity (Wildman–Crippen MR) is 75.4 cm³/mol. The highest BCUT2D eigenvalue weighted by Gasteiger charge is 2.30. The first-order chi connectivity index (χ1) is 10.0. The van der Waals surface area contributed by atoms with Crippen molar-refractivity contribution in [3.05, 3.63) is 46.8 Å². The van der Waals surface area contributed by atoms with Crippen molar-refractivity contribution in [2.75, 3.05) is 5.32 Å². The number of halogens is 1. The summed E-state index contributed by atoms with van der Waals surface area (Å²) < 4.78 is 4.83. The molecule has 0 fully saturated rings. The van der Waals surface area contributed by atoms with Crippen molar-refractivity contribution in [1.29, 1.82) is 5.26 Å². The Hall–Kier alpha value is -2.36. The molecule has 0 radical (unpaired) electrons. The van der Waals surface area contributed by atoms with Gasteiger partial charge in [0.25, 0.3) is 0 Å². The van der Waals surface area contributed by atoms with Gasteiger partial charge in [-0.15, -0.1) is 0 Å². The molecule has 2 rings (SSSR count). The number of nitrogens with one attached hydrogen (secondary N) is 1. The van der Waals surface area contributed by atoms with Crippen molar-refractivity contribution >= 4 is 23.2 Å². The molecule has 0 aliphatic rings. The third-order valence-corrected chi connectivity index (χ3v) is 3.21. The van der Waals surface area contributed by atoms with Gasteiger partial charge in [0.1, 0.15) is 11.9 Å². The highest BCUT2D eigenvalue weighted by Crippen LogP contribution is 2.25. The third kappa shape index (κ3) is 3.40. The summed E-state index contributed by atoms with van der Waals surface area (Å²) in [5.74, 6) is -1.53. The number of anilines is 1. The van der Waals surface area contributed by atoms with Crippen molar-refractivity contribution in [2.24, 2.45) is 5.92 Å². The van der Waals surface area contributed by atoms with Crippen LogP contribution < -0.4 is 5.32 Å². The standard InChI is InChI=1S/C14H12ClN3O3/c1-8-12(7-17-21-8)13(19)11(6-16)14(20)18-10-4-2-9(15)3-5-10/h2-5,7,11,13,19H,1H3,(H,18,20). The Morgan fingerprint density at radius 2 is 2.14 bits per heavy atom. The van der Waals surface area contributed by atoms with E-state index in [-0.39, 0.29) is 0 Å². The zero-order valence-corrected chi connectivity index (χ0v) is 11.8. The Labute approximate surface area is 125 Å². The lowest BCUT2D eigenvalue weighted by molar-refractivity contribution is -0.121. The summed E-state index contributed by atoms with van der Waals surface area (Å²) in [6, 6.07) is 8.22. The number of hydrogen-bond acceptors (Lipinski definition) is 5. The number of benzene rings is 1. The first-order valence-electron chi connectivity index (χ1n) is 6.08. The van der Waals surface area contributed by atoms with Crippen LogP contribution in [-0.2, 0) is 4.79 Å². The SMILES string of the molecule is Cc1oncc1C(O)C(C#N)C(=O)Nc1ccc(Cl)cc1. The molecule has 2 atom stereocenters. The van der Waals surface area contributed by atoms with Crippen LogP contribution in [0.1, 0.15) is 17.4 Å². The first-order valence-corrected chi connectivity index (χ1v) is 6.46. The number of carbonyl (C=O) groups is 1. The van der Waals surface area contributed by atoms with E-state index in [0.717, 1.165) is 0 Å². The van der Waals surface area contributed by atoms with Crippen LogP contribution in [-0.4, -0.2) is 16.2 Å². The number of aliphatic hydroxyl groups is 1. The quantitative estimate of drug-likeness (QED) is 0.904. The zero-order valence-electron chi connectivity index (χ0n) is 11.1. The Balaban J connectivity index is 2.14. The molecular formula is C14H12ClN3O3. The summed E-state index contributed by atoms with van der Waals surface area (Å²) in [7, 11) is 0. The number of aryl methyl sites for hydroxylation is 1. The van der Waals surface area contributed by atoms with Crippen LogP contribution in [0.3, 0.4) is 0 Å². The molecule has 1 heterocycles. The van der Waals surface area contributed by atoms with Gasteiger partial charge < -0.3 is 14.9 Å². The molecule has 7 heteroatoms. The van der Waals surface area contributed by atoms with Crippen LogP contribution >= 0.6 is 11.6 Å². The summed E-state index contributed by atoms with van der Waals surface area (Å²) >= 11 is 5.75. The van der Waals surface area contributed by atoms with Gasteiger partial charge in [-0.3, -0.25) is 4.79 Å². The number of hydrogen-bond donors (Lipinski definition) is 2. The van der Waals surface area contributed by atoms with Crippen molar-refractivity contribution < 1.29 is 14.4 Å². The number of aromatic nitrogens is 1. The largest absolute Gasteiger partial charge is 0.386 e. The first kappa shape index (κ1) is 15.0. The van der Waals surface area contributed by atoms with E-state index in [2.05, 4.69) is 10.5 Å². The lowest BCUT2D eigenvalue weighted by atomic mass is 9.97. The van der Waals surface area contributed by atoms with Gasteiger partial charge in [0, 0.05) is 16.3 Å². The average Bonchev–Trinajstić information content (AvgIpc) is 2.88. The van der Waals surface area contributed by atoms with Crippen LogP contribution in [0.15, 0.2) is 35.0 Å². The van der Waals surface area contributed by atoms with Crippen molar-refractivity contribution in [3.8, 4) is 6.07 Å². The highest BCUT2D eigenvalue weighted by molar-refractivity contribution is 6.30. The molecule has 0 saturated carbocycles. The Bertz CT molecular complexity index is 676.